The summed E-state index contributed by atoms with van der Waals surface area (Å²) >= 11 is 0. The lowest BCUT2D eigenvalue weighted by molar-refractivity contribution is -0.914. The molecule has 110 valence electrons. The van der Waals surface area contributed by atoms with Gasteiger partial charge in [-0.1, -0.05) is 12.1 Å². The summed E-state index contributed by atoms with van der Waals surface area (Å²) < 4.78 is 5.42. The Balaban J connectivity index is 1.99. The first kappa shape index (κ1) is 14.7. The summed E-state index contributed by atoms with van der Waals surface area (Å²) in [6.45, 7) is 5.81. The van der Waals surface area contributed by atoms with Crippen molar-refractivity contribution in [3.8, 4) is 5.75 Å². The Bertz CT molecular complexity index is 456. The molecular formula is C15H24N3O2+. The van der Waals surface area contributed by atoms with E-state index in [0.29, 0.717) is 0 Å². The van der Waals surface area contributed by atoms with Crippen LogP contribution in [0.1, 0.15) is 6.92 Å². The van der Waals surface area contributed by atoms with E-state index in [0.717, 1.165) is 37.6 Å². The number of methoxy groups -OCH3 is 1. The molecule has 5 heteroatoms. The SMILES string of the molecule is CNC(=O)[C@H](C)[NH+]1CCN(c2ccccc2OC)CC1. The number of ether oxygens (including phenoxy) is 1. The van der Waals surface area contributed by atoms with Crippen LogP contribution in [0.3, 0.4) is 0 Å². The predicted molar refractivity (Wildman–Crippen MR) is 79.4 cm³/mol. The predicted octanol–water partition coefficient (Wildman–Crippen LogP) is -0.465. The molecule has 1 atom stereocenters. The van der Waals surface area contributed by atoms with Crippen LogP contribution in [-0.4, -0.2) is 52.3 Å². The molecule has 1 aromatic carbocycles. The second kappa shape index (κ2) is 6.61. The fourth-order valence-corrected chi connectivity index (χ4v) is 2.76. The van der Waals surface area contributed by atoms with E-state index in [2.05, 4.69) is 16.3 Å². The van der Waals surface area contributed by atoms with Gasteiger partial charge >= 0.3 is 0 Å². The first-order valence-electron chi connectivity index (χ1n) is 7.11. The number of likely N-dealkylation sites (N-methyl/N-ethyl adjacent to an activating group) is 1. The van der Waals surface area contributed by atoms with Gasteiger partial charge < -0.3 is 19.9 Å². The monoisotopic (exact) mass is 278 g/mol. The summed E-state index contributed by atoms with van der Waals surface area (Å²) in [6.07, 6.45) is 0. The van der Waals surface area contributed by atoms with Gasteiger partial charge in [0.25, 0.3) is 5.91 Å². The third kappa shape index (κ3) is 3.04. The molecule has 0 saturated carbocycles. The molecule has 20 heavy (non-hydrogen) atoms. The number of carbonyl (C=O) groups is 1. The van der Waals surface area contributed by atoms with Gasteiger partial charge in [0.05, 0.1) is 39.0 Å². The summed E-state index contributed by atoms with van der Waals surface area (Å²) in [6, 6.07) is 8.11. The molecule has 0 unspecified atom stereocenters. The van der Waals surface area contributed by atoms with E-state index in [-0.39, 0.29) is 11.9 Å². The van der Waals surface area contributed by atoms with Gasteiger partial charge in [-0.3, -0.25) is 4.79 Å². The minimum absolute atomic E-state index is 0.0137. The molecule has 1 amide bonds. The Morgan fingerprint density at radius 2 is 2.00 bits per heavy atom. The molecule has 0 aliphatic carbocycles. The quantitative estimate of drug-likeness (QED) is 0.783. The van der Waals surface area contributed by atoms with Crippen LogP contribution in [0.2, 0.25) is 0 Å². The Morgan fingerprint density at radius 3 is 2.60 bits per heavy atom. The highest BCUT2D eigenvalue weighted by atomic mass is 16.5. The third-order valence-corrected chi connectivity index (χ3v) is 4.08. The van der Waals surface area contributed by atoms with Crippen molar-refractivity contribution in [2.24, 2.45) is 0 Å². The Hall–Kier alpha value is -1.75. The van der Waals surface area contributed by atoms with E-state index in [1.807, 2.05) is 25.1 Å². The van der Waals surface area contributed by atoms with Crippen molar-refractivity contribution in [2.45, 2.75) is 13.0 Å². The molecule has 5 nitrogen and oxygen atoms in total. The summed E-state index contributed by atoms with van der Waals surface area (Å²) in [5.41, 5.74) is 1.14. The first-order chi connectivity index (χ1) is 9.67. The van der Waals surface area contributed by atoms with Crippen LogP contribution in [0.4, 0.5) is 5.69 Å². The number of benzene rings is 1. The van der Waals surface area contributed by atoms with Crippen molar-refractivity contribution < 1.29 is 14.4 Å². The first-order valence-corrected chi connectivity index (χ1v) is 7.11. The van der Waals surface area contributed by atoms with Gasteiger partial charge in [-0.25, -0.2) is 0 Å². The molecule has 1 aliphatic heterocycles. The van der Waals surface area contributed by atoms with Crippen LogP contribution in [0.15, 0.2) is 24.3 Å². The lowest BCUT2D eigenvalue weighted by atomic mass is 10.2. The molecule has 0 bridgehead atoms. The number of quaternary nitrogens is 1. The number of hydrogen-bond donors (Lipinski definition) is 2. The third-order valence-electron chi connectivity index (χ3n) is 4.08. The van der Waals surface area contributed by atoms with E-state index in [9.17, 15) is 4.79 Å². The van der Waals surface area contributed by atoms with Gasteiger partial charge in [-0.2, -0.15) is 0 Å². The van der Waals surface area contributed by atoms with Gasteiger partial charge in [-0.05, 0) is 19.1 Å². The van der Waals surface area contributed by atoms with Gasteiger partial charge in [0.2, 0.25) is 0 Å². The number of amides is 1. The molecule has 0 radical (unpaired) electrons. The normalized spacial score (nSPS) is 17.6. The number of piperazine rings is 1. The van der Waals surface area contributed by atoms with Crippen molar-refractivity contribution in [1.82, 2.24) is 5.32 Å². The molecule has 0 spiro atoms. The van der Waals surface area contributed by atoms with E-state index in [1.54, 1.807) is 14.2 Å². The zero-order valence-corrected chi connectivity index (χ0v) is 12.5. The zero-order chi connectivity index (χ0) is 14.5. The van der Waals surface area contributed by atoms with Crippen LogP contribution >= 0.6 is 0 Å². The average Bonchev–Trinajstić information content (AvgIpc) is 2.53. The maximum Gasteiger partial charge on any atom is 0.277 e. The molecule has 1 fully saturated rings. The van der Waals surface area contributed by atoms with Gasteiger partial charge in [0, 0.05) is 7.05 Å². The molecular weight excluding hydrogens is 254 g/mol. The standard InChI is InChI=1S/C15H23N3O2/c1-12(15(19)16-2)17-8-10-18(11-9-17)13-6-4-5-7-14(13)20-3/h4-7,12H,8-11H2,1-3H3,(H,16,19)/p+1/t12-/m0/s1. The second-order valence-electron chi connectivity index (χ2n) is 5.15. The van der Waals surface area contributed by atoms with Crippen LogP contribution in [0.25, 0.3) is 0 Å². The van der Waals surface area contributed by atoms with Gasteiger partial charge in [0.1, 0.15) is 5.75 Å². The number of nitrogens with one attached hydrogen (secondary N) is 2. The lowest BCUT2D eigenvalue weighted by Crippen LogP contribution is -3.19. The van der Waals surface area contributed by atoms with Crippen LogP contribution < -0.4 is 19.9 Å². The molecule has 1 aliphatic rings. The maximum atomic E-state index is 11.7. The fraction of sp³-hybridized carbons (Fsp3) is 0.533. The van der Waals surface area contributed by atoms with Gasteiger partial charge in [-0.15, -0.1) is 0 Å². The average molecular weight is 278 g/mol. The van der Waals surface area contributed by atoms with Crippen molar-refractivity contribution >= 4 is 11.6 Å². The van der Waals surface area contributed by atoms with Gasteiger partial charge in [0.15, 0.2) is 6.04 Å². The lowest BCUT2D eigenvalue weighted by Gasteiger charge is -2.36. The zero-order valence-electron chi connectivity index (χ0n) is 12.5. The van der Waals surface area contributed by atoms with E-state index in [1.165, 1.54) is 4.90 Å². The molecule has 0 aromatic heterocycles. The fourth-order valence-electron chi connectivity index (χ4n) is 2.76. The summed E-state index contributed by atoms with van der Waals surface area (Å²) in [7, 11) is 3.40. The number of anilines is 1. The van der Waals surface area contributed by atoms with Crippen LogP contribution in [0, 0.1) is 0 Å². The number of nitrogens with zero attached hydrogens (tertiary/aromatic N) is 1. The van der Waals surface area contributed by atoms with E-state index in [4.69, 9.17) is 4.74 Å². The van der Waals surface area contributed by atoms with Crippen LogP contribution in [0.5, 0.6) is 5.75 Å². The minimum atomic E-state index is 0.0137. The Morgan fingerprint density at radius 1 is 1.35 bits per heavy atom. The topological polar surface area (TPSA) is 46.0 Å². The largest absolute Gasteiger partial charge is 0.495 e. The highest BCUT2D eigenvalue weighted by Gasteiger charge is 2.29. The Kier molecular flexibility index (Phi) is 4.84. The molecule has 2 rings (SSSR count). The van der Waals surface area contributed by atoms with Crippen LogP contribution in [-0.2, 0) is 4.79 Å². The Labute approximate surface area is 120 Å². The van der Waals surface area contributed by atoms with Crippen molar-refractivity contribution in [3.05, 3.63) is 24.3 Å². The molecule has 1 saturated heterocycles. The molecule has 1 heterocycles. The highest BCUT2D eigenvalue weighted by Crippen LogP contribution is 2.27. The van der Waals surface area contributed by atoms with Crippen molar-refractivity contribution in [2.75, 3.05) is 45.2 Å². The highest BCUT2D eigenvalue weighted by molar-refractivity contribution is 5.79. The van der Waals surface area contributed by atoms with Crippen molar-refractivity contribution in [3.63, 3.8) is 0 Å². The summed E-state index contributed by atoms with van der Waals surface area (Å²) in [5, 5.41) is 2.73. The molecule has 1 aromatic rings. The smallest absolute Gasteiger partial charge is 0.277 e. The number of hydrogen-bond acceptors (Lipinski definition) is 3. The van der Waals surface area contributed by atoms with E-state index < -0.39 is 0 Å². The summed E-state index contributed by atoms with van der Waals surface area (Å²) in [4.78, 5) is 15.4. The summed E-state index contributed by atoms with van der Waals surface area (Å²) in [5.74, 6) is 1.03. The molecule has 2 N–H and O–H groups in total. The minimum Gasteiger partial charge on any atom is -0.495 e. The van der Waals surface area contributed by atoms with E-state index >= 15 is 0 Å². The number of para-hydroxylation sites is 2. The maximum absolute atomic E-state index is 11.7. The second-order valence-corrected chi connectivity index (χ2v) is 5.15. The van der Waals surface area contributed by atoms with Crippen molar-refractivity contribution in [1.29, 1.82) is 0 Å². The number of carbonyl (C=O) groups excluding carboxylic acids is 1. The number of rotatable bonds is 4.